The Balaban J connectivity index is 2.11. The highest BCUT2D eigenvalue weighted by atomic mass is 35.5. The van der Waals surface area contributed by atoms with Gasteiger partial charge in [0.15, 0.2) is 11.6 Å². The van der Waals surface area contributed by atoms with Crippen LogP contribution in [0.2, 0.25) is 15.3 Å². The maximum atomic E-state index is 13.6. The van der Waals surface area contributed by atoms with Gasteiger partial charge >= 0.3 is 0 Å². The molecule has 2 aromatic rings. The summed E-state index contributed by atoms with van der Waals surface area (Å²) in [4.78, 5) is 7.28. The lowest BCUT2D eigenvalue weighted by Crippen LogP contribution is -1.99. The zero-order valence-corrected chi connectivity index (χ0v) is 12.4. The summed E-state index contributed by atoms with van der Waals surface area (Å²) in [6.45, 7) is 0. The number of aromatic nitrogens is 2. The number of hydrogen-bond donors (Lipinski definition) is 1. The van der Waals surface area contributed by atoms with Gasteiger partial charge < -0.3 is 5.32 Å². The number of rotatable bonds is 2. The summed E-state index contributed by atoms with van der Waals surface area (Å²) in [7, 11) is 0. The van der Waals surface area contributed by atoms with Crippen molar-refractivity contribution in [2.45, 2.75) is 0 Å². The highest BCUT2D eigenvalue weighted by Crippen LogP contribution is 2.48. The van der Waals surface area contributed by atoms with E-state index < -0.39 is 5.82 Å². The molecule has 3 rings (SSSR count). The fraction of sp³-hybridized carbons (Fsp3) is 0. The predicted molar refractivity (Wildman–Crippen MR) is 78.3 cm³/mol. The molecule has 0 fully saturated rings. The molecule has 5 nitrogen and oxygen atoms in total. The van der Waals surface area contributed by atoms with Gasteiger partial charge in [-0.05, 0) is 17.7 Å². The Morgan fingerprint density at radius 1 is 1.10 bits per heavy atom. The lowest BCUT2D eigenvalue weighted by atomic mass is 10.2. The Hall–Kier alpha value is -1.28. The monoisotopic (exact) mass is 349 g/mol. The SMILES string of the molecule is Fc1cnc(Cl)nc1Nc1c(Cl)cc(Cl)c2c1N=S=N2. The van der Waals surface area contributed by atoms with E-state index in [-0.39, 0.29) is 16.1 Å². The van der Waals surface area contributed by atoms with Gasteiger partial charge in [0.25, 0.3) is 0 Å². The quantitative estimate of drug-likeness (QED) is 0.658. The van der Waals surface area contributed by atoms with Crippen LogP contribution in [-0.2, 0) is 11.4 Å². The van der Waals surface area contributed by atoms with Crippen LogP contribution in [0.15, 0.2) is 21.0 Å². The van der Waals surface area contributed by atoms with E-state index >= 15 is 0 Å². The van der Waals surface area contributed by atoms with Crippen molar-refractivity contribution in [3.8, 4) is 0 Å². The van der Waals surface area contributed by atoms with Crippen molar-refractivity contribution in [1.29, 1.82) is 0 Å². The second-order valence-corrected chi connectivity index (χ2v) is 5.32. The minimum absolute atomic E-state index is 0.0911. The number of anilines is 2. The molecule has 0 amide bonds. The second-order valence-electron chi connectivity index (χ2n) is 3.64. The van der Waals surface area contributed by atoms with Gasteiger partial charge in [0.1, 0.15) is 11.4 Å². The lowest BCUT2D eigenvalue weighted by Gasteiger charge is -2.11. The molecule has 1 aliphatic rings. The van der Waals surface area contributed by atoms with E-state index in [2.05, 4.69) is 24.0 Å². The standard InChI is InChI=1S/C10H3Cl3FN5S/c11-3-1-4(12)7-8(19-20-18-7)6(3)16-9-5(14)2-15-10(13)17-9/h1-2H,(H,15,16,17). The number of nitrogens with zero attached hydrogens (tertiary/aromatic N) is 4. The van der Waals surface area contributed by atoms with Crippen LogP contribution in [-0.4, -0.2) is 9.97 Å². The molecule has 20 heavy (non-hydrogen) atoms. The van der Waals surface area contributed by atoms with Gasteiger partial charge in [-0.3, -0.25) is 0 Å². The molecule has 0 saturated heterocycles. The fourth-order valence-electron chi connectivity index (χ4n) is 1.54. The number of halogens is 4. The largest absolute Gasteiger partial charge is 0.335 e. The van der Waals surface area contributed by atoms with E-state index in [4.69, 9.17) is 34.8 Å². The summed E-state index contributed by atoms with van der Waals surface area (Å²) >= 11 is 18.7. The van der Waals surface area contributed by atoms with Gasteiger partial charge in [0, 0.05) is 0 Å². The van der Waals surface area contributed by atoms with Crippen LogP contribution in [0.4, 0.5) is 27.3 Å². The predicted octanol–water partition coefficient (Wildman–Crippen LogP) is 5.05. The van der Waals surface area contributed by atoms with Gasteiger partial charge in [-0.15, -0.1) is 0 Å². The number of benzene rings is 1. The normalized spacial score (nSPS) is 12.2. The maximum Gasteiger partial charge on any atom is 0.224 e. The third kappa shape index (κ3) is 2.37. The van der Waals surface area contributed by atoms with Crippen molar-refractivity contribution in [3.63, 3.8) is 0 Å². The van der Waals surface area contributed by atoms with Crippen molar-refractivity contribution in [3.05, 3.63) is 33.4 Å². The first-order valence-electron chi connectivity index (χ1n) is 5.11. The molecule has 1 N–H and O–H groups in total. The number of nitrogens with one attached hydrogen (secondary N) is 1. The molecule has 0 radical (unpaired) electrons. The minimum atomic E-state index is -0.670. The van der Waals surface area contributed by atoms with E-state index in [1.807, 2.05) is 0 Å². The Morgan fingerprint density at radius 2 is 1.85 bits per heavy atom. The Bertz CT molecular complexity index is 791. The molecule has 1 aromatic carbocycles. The Kier molecular flexibility index (Phi) is 3.59. The highest BCUT2D eigenvalue weighted by Gasteiger charge is 2.20. The Labute approximate surface area is 131 Å². The average molecular weight is 351 g/mol. The van der Waals surface area contributed by atoms with Crippen molar-refractivity contribution in [2.75, 3.05) is 5.32 Å². The summed E-state index contributed by atoms with van der Waals surface area (Å²) in [6, 6.07) is 1.50. The minimum Gasteiger partial charge on any atom is -0.335 e. The summed E-state index contributed by atoms with van der Waals surface area (Å²) in [5, 5.41) is 3.28. The molecule has 0 aliphatic carbocycles. The average Bonchev–Trinajstić information content (AvgIpc) is 2.88. The second kappa shape index (κ2) is 5.25. The first kappa shape index (κ1) is 13.7. The van der Waals surface area contributed by atoms with Crippen molar-refractivity contribution in [2.24, 2.45) is 8.73 Å². The summed E-state index contributed by atoms with van der Waals surface area (Å²) in [5.74, 6) is -0.778. The van der Waals surface area contributed by atoms with E-state index in [0.29, 0.717) is 22.1 Å². The lowest BCUT2D eigenvalue weighted by molar-refractivity contribution is 0.619. The third-order valence-electron chi connectivity index (χ3n) is 2.40. The number of hydrogen-bond acceptors (Lipinski definition) is 5. The van der Waals surface area contributed by atoms with Gasteiger partial charge in [-0.25, -0.2) is 9.37 Å². The Morgan fingerprint density at radius 3 is 2.65 bits per heavy atom. The zero-order valence-electron chi connectivity index (χ0n) is 9.36. The van der Waals surface area contributed by atoms with Crippen molar-refractivity contribution in [1.82, 2.24) is 9.97 Å². The van der Waals surface area contributed by atoms with E-state index in [1.54, 1.807) is 0 Å². The fourth-order valence-corrected chi connectivity index (χ4v) is 2.84. The first-order valence-corrected chi connectivity index (χ1v) is 6.98. The van der Waals surface area contributed by atoms with Crippen molar-refractivity contribution >= 4 is 69.0 Å². The van der Waals surface area contributed by atoms with Gasteiger partial charge in [0.05, 0.1) is 33.3 Å². The molecule has 1 aromatic heterocycles. The van der Waals surface area contributed by atoms with Gasteiger partial charge in [-0.1, -0.05) is 23.2 Å². The van der Waals surface area contributed by atoms with Gasteiger partial charge in [0.2, 0.25) is 5.28 Å². The van der Waals surface area contributed by atoms with Crippen LogP contribution in [0.5, 0.6) is 0 Å². The highest BCUT2D eigenvalue weighted by molar-refractivity contribution is 7.58. The first-order chi connectivity index (χ1) is 9.56. The van der Waals surface area contributed by atoms with Crippen LogP contribution < -0.4 is 5.32 Å². The van der Waals surface area contributed by atoms with Crippen LogP contribution in [0.1, 0.15) is 0 Å². The number of fused-ring (bicyclic) bond motifs is 1. The molecule has 0 unspecified atom stereocenters. The zero-order chi connectivity index (χ0) is 14.3. The summed E-state index contributed by atoms with van der Waals surface area (Å²) < 4.78 is 21.8. The summed E-state index contributed by atoms with van der Waals surface area (Å²) in [6.07, 6.45) is 0.956. The van der Waals surface area contributed by atoms with Gasteiger partial charge in [-0.2, -0.15) is 13.7 Å². The molecule has 0 spiro atoms. The van der Waals surface area contributed by atoms with E-state index in [9.17, 15) is 4.39 Å². The molecular weight excluding hydrogens is 348 g/mol. The van der Waals surface area contributed by atoms with Crippen LogP contribution in [0, 0.1) is 5.82 Å². The molecule has 0 atom stereocenters. The van der Waals surface area contributed by atoms with E-state index in [0.717, 1.165) is 17.6 Å². The maximum absolute atomic E-state index is 13.6. The molecule has 0 saturated carbocycles. The van der Waals surface area contributed by atoms with Crippen molar-refractivity contribution < 1.29 is 4.39 Å². The molecule has 0 bridgehead atoms. The third-order valence-corrected chi connectivity index (χ3v) is 3.70. The summed E-state index contributed by atoms with van der Waals surface area (Å²) in [5.41, 5.74) is 1.26. The molecular formula is C10H3Cl3FN5S. The molecule has 102 valence electrons. The molecule has 10 heteroatoms. The molecule has 1 aliphatic heterocycles. The van der Waals surface area contributed by atoms with E-state index in [1.165, 1.54) is 6.07 Å². The smallest absolute Gasteiger partial charge is 0.224 e. The van der Waals surface area contributed by atoms with Crippen LogP contribution in [0.25, 0.3) is 0 Å². The molecule has 2 heterocycles. The van der Waals surface area contributed by atoms with Crippen LogP contribution >= 0.6 is 34.8 Å². The topological polar surface area (TPSA) is 62.5 Å². The van der Waals surface area contributed by atoms with Crippen LogP contribution in [0.3, 0.4) is 0 Å².